The maximum Gasteiger partial charge on any atom is 0.410 e. The van der Waals surface area contributed by atoms with Crippen LogP contribution in [-0.4, -0.2) is 75.6 Å². The van der Waals surface area contributed by atoms with Crippen molar-refractivity contribution in [3.63, 3.8) is 0 Å². The van der Waals surface area contributed by atoms with Crippen LogP contribution in [0.3, 0.4) is 0 Å². The summed E-state index contributed by atoms with van der Waals surface area (Å²) < 4.78 is 11.5. The molecule has 1 aliphatic carbocycles. The number of nitrogens with zero attached hydrogens (tertiary/aromatic N) is 2. The van der Waals surface area contributed by atoms with Crippen LogP contribution in [0.25, 0.3) is 0 Å². The van der Waals surface area contributed by atoms with Crippen LogP contribution in [0.2, 0.25) is 0 Å². The number of amides is 5. The second-order valence-electron chi connectivity index (χ2n) is 15.5. The van der Waals surface area contributed by atoms with Crippen LogP contribution in [-0.2, 0) is 36.9 Å². The lowest BCUT2D eigenvalue weighted by Gasteiger charge is -2.30. The number of hydrogen-bond donors (Lipinski definition) is 3. The normalized spacial score (nSPS) is 26.8. The highest BCUT2D eigenvalue weighted by molar-refractivity contribution is 5.98. The maximum atomic E-state index is 14.4. The summed E-state index contributed by atoms with van der Waals surface area (Å²) >= 11 is 0. The van der Waals surface area contributed by atoms with Crippen molar-refractivity contribution < 1.29 is 33.4 Å². The van der Waals surface area contributed by atoms with Crippen molar-refractivity contribution >= 4 is 29.9 Å². The van der Waals surface area contributed by atoms with Crippen LogP contribution in [0.5, 0.6) is 0 Å². The van der Waals surface area contributed by atoms with Crippen LogP contribution in [0.1, 0.15) is 95.4 Å². The van der Waals surface area contributed by atoms with Crippen LogP contribution >= 0.6 is 0 Å². The summed E-state index contributed by atoms with van der Waals surface area (Å²) in [4.78, 5) is 72.1. The molecule has 4 aliphatic rings. The Morgan fingerprint density at radius 2 is 1.65 bits per heavy atom. The van der Waals surface area contributed by atoms with Crippen molar-refractivity contribution in [2.75, 3.05) is 6.54 Å². The number of fused-ring (bicyclic) bond motifs is 3. The van der Waals surface area contributed by atoms with Gasteiger partial charge in [0.2, 0.25) is 17.7 Å². The van der Waals surface area contributed by atoms with Crippen molar-refractivity contribution in [1.29, 1.82) is 0 Å². The lowest BCUT2D eigenvalue weighted by atomic mass is 10.0. The molecular weight excluding hydrogens is 662 g/mol. The standard InChI is InChI=1S/C40H51N5O7/c1-26(27-15-9-8-10-16-27)41-36(48)40-22-30(40)19-11-6-5-7-12-20-32(42-37(49)52-39(2,3)4)35(47)45-25-31(21-33(45)34(46)43-40)51-38(50)44-23-28-17-13-14-18-29(28)24-44/h8-11,13-19,26,30-33H,5-7,12,20-25H2,1-4H3,(H,41,48)(H,42,49)(H,43,46)/t26-,30+,31+,32-,33-,40+/m0/s1. The number of benzene rings is 2. The van der Waals surface area contributed by atoms with Crippen molar-refractivity contribution in [2.45, 2.75) is 121 Å². The average molecular weight is 714 g/mol. The minimum absolute atomic E-state index is 0.0382. The lowest BCUT2D eigenvalue weighted by molar-refractivity contribution is -0.141. The highest BCUT2D eigenvalue weighted by Gasteiger charge is 2.61. The summed E-state index contributed by atoms with van der Waals surface area (Å²) in [6, 6.07) is 15.1. The summed E-state index contributed by atoms with van der Waals surface area (Å²) in [7, 11) is 0. The molecule has 6 rings (SSSR count). The van der Waals surface area contributed by atoms with Gasteiger partial charge in [-0.3, -0.25) is 19.3 Å². The van der Waals surface area contributed by atoms with Gasteiger partial charge in [-0.05, 0) is 70.1 Å². The molecule has 6 atom stereocenters. The number of carbonyl (C=O) groups is 5. The number of alkyl carbamates (subject to hydrolysis) is 1. The first kappa shape index (κ1) is 36.9. The fourth-order valence-corrected chi connectivity index (χ4v) is 7.45. The van der Waals surface area contributed by atoms with Gasteiger partial charge in [0.1, 0.15) is 29.3 Å². The molecule has 3 aliphatic heterocycles. The molecule has 0 radical (unpaired) electrons. The molecule has 2 aromatic carbocycles. The van der Waals surface area contributed by atoms with E-state index in [1.54, 1.807) is 25.7 Å². The van der Waals surface area contributed by atoms with Crippen LogP contribution in [0.4, 0.5) is 9.59 Å². The van der Waals surface area contributed by atoms with Crippen LogP contribution < -0.4 is 16.0 Å². The van der Waals surface area contributed by atoms with Crippen molar-refractivity contribution in [1.82, 2.24) is 25.8 Å². The molecule has 1 saturated heterocycles. The fraction of sp³-hybridized carbons (Fsp3) is 0.525. The zero-order chi connectivity index (χ0) is 37.0. The van der Waals surface area contributed by atoms with E-state index in [1.807, 2.05) is 67.6 Å². The molecule has 12 nitrogen and oxygen atoms in total. The molecule has 0 bridgehead atoms. The zero-order valence-electron chi connectivity index (χ0n) is 30.6. The topological polar surface area (TPSA) is 146 Å². The van der Waals surface area contributed by atoms with Gasteiger partial charge in [-0.25, -0.2) is 9.59 Å². The van der Waals surface area contributed by atoms with Gasteiger partial charge in [0.25, 0.3) is 0 Å². The Labute approximate surface area is 305 Å². The first-order valence-corrected chi connectivity index (χ1v) is 18.5. The van der Waals surface area contributed by atoms with Gasteiger partial charge in [-0.15, -0.1) is 0 Å². The third kappa shape index (κ3) is 8.59. The van der Waals surface area contributed by atoms with E-state index in [1.165, 1.54) is 4.90 Å². The lowest BCUT2D eigenvalue weighted by Crippen LogP contribution is -2.58. The van der Waals surface area contributed by atoms with E-state index in [0.717, 1.165) is 36.0 Å². The predicted molar refractivity (Wildman–Crippen MR) is 193 cm³/mol. The monoisotopic (exact) mass is 713 g/mol. The van der Waals surface area contributed by atoms with E-state index in [4.69, 9.17) is 9.47 Å². The van der Waals surface area contributed by atoms with E-state index in [-0.39, 0.29) is 30.8 Å². The third-order valence-corrected chi connectivity index (χ3v) is 10.3. The zero-order valence-corrected chi connectivity index (χ0v) is 30.6. The molecule has 0 aromatic heterocycles. The number of allylic oxidation sites excluding steroid dienone is 1. The van der Waals surface area contributed by atoms with E-state index >= 15 is 0 Å². The fourth-order valence-electron chi connectivity index (χ4n) is 7.45. The van der Waals surface area contributed by atoms with E-state index in [0.29, 0.717) is 32.4 Å². The minimum atomic E-state index is -1.20. The third-order valence-electron chi connectivity index (χ3n) is 10.3. The summed E-state index contributed by atoms with van der Waals surface area (Å²) in [6.07, 6.45) is 5.94. The highest BCUT2D eigenvalue weighted by atomic mass is 16.6. The Hall–Kier alpha value is -4.87. The molecule has 278 valence electrons. The molecule has 0 spiro atoms. The number of rotatable bonds is 5. The van der Waals surface area contributed by atoms with Gasteiger partial charge in [0.05, 0.1) is 12.6 Å². The molecule has 0 unspecified atom stereocenters. The molecule has 5 amide bonds. The molecular formula is C40H51N5O7. The summed E-state index contributed by atoms with van der Waals surface area (Å²) in [6.45, 7) is 7.91. The van der Waals surface area contributed by atoms with Gasteiger partial charge in [0, 0.05) is 25.4 Å². The summed E-state index contributed by atoms with van der Waals surface area (Å²) in [5, 5.41) is 8.91. The van der Waals surface area contributed by atoms with Gasteiger partial charge in [-0.2, -0.15) is 0 Å². The first-order valence-electron chi connectivity index (χ1n) is 18.5. The number of carbonyl (C=O) groups excluding carboxylic acids is 5. The maximum absolute atomic E-state index is 14.4. The molecule has 1 saturated carbocycles. The Balaban J connectivity index is 1.24. The molecule has 52 heavy (non-hydrogen) atoms. The molecule has 12 heteroatoms. The molecule has 2 fully saturated rings. The molecule has 3 N–H and O–H groups in total. The van der Waals surface area contributed by atoms with Gasteiger partial charge in [-0.1, -0.05) is 79.6 Å². The largest absolute Gasteiger partial charge is 0.444 e. The second kappa shape index (κ2) is 15.4. The number of hydrogen-bond acceptors (Lipinski definition) is 7. The second-order valence-corrected chi connectivity index (χ2v) is 15.5. The quantitative estimate of drug-likeness (QED) is 0.358. The molecule has 2 aromatic rings. The Bertz CT molecular complexity index is 1670. The van der Waals surface area contributed by atoms with Crippen molar-refractivity contribution in [3.8, 4) is 0 Å². The number of ether oxygens (including phenoxy) is 2. The number of nitrogens with one attached hydrogen (secondary N) is 3. The Kier molecular flexibility index (Phi) is 10.9. The minimum Gasteiger partial charge on any atom is -0.444 e. The SMILES string of the molecule is C[C@H](NC(=O)[C@@]12C[C@H]1C=CCCCCC[C@H](NC(=O)OC(C)(C)C)C(=O)N1C[C@H](OC(=O)N3Cc4ccccc4C3)C[C@H]1C(=O)N2)c1ccccc1. The summed E-state index contributed by atoms with van der Waals surface area (Å²) in [5.41, 5.74) is 1.04. The smallest absolute Gasteiger partial charge is 0.410 e. The van der Waals surface area contributed by atoms with E-state index in [2.05, 4.69) is 22.0 Å². The van der Waals surface area contributed by atoms with Crippen LogP contribution in [0.15, 0.2) is 66.7 Å². The van der Waals surface area contributed by atoms with E-state index in [9.17, 15) is 24.0 Å². The average Bonchev–Trinajstić information content (AvgIpc) is 3.40. The predicted octanol–water partition coefficient (Wildman–Crippen LogP) is 5.27. The highest BCUT2D eigenvalue weighted by Crippen LogP contribution is 2.46. The summed E-state index contributed by atoms with van der Waals surface area (Å²) in [5.74, 6) is -1.49. The van der Waals surface area contributed by atoms with Gasteiger partial charge < -0.3 is 30.3 Å². The van der Waals surface area contributed by atoms with Crippen molar-refractivity contribution in [3.05, 3.63) is 83.4 Å². The van der Waals surface area contributed by atoms with Crippen LogP contribution in [0, 0.1) is 5.92 Å². The van der Waals surface area contributed by atoms with E-state index < -0.39 is 53.3 Å². The first-order chi connectivity index (χ1) is 24.8. The Morgan fingerprint density at radius 1 is 0.962 bits per heavy atom. The van der Waals surface area contributed by atoms with Gasteiger partial charge in [0.15, 0.2) is 0 Å². The molecule has 3 heterocycles. The van der Waals surface area contributed by atoms with Gasteiger partial charge >= 0.3 is 12.2 Å². The van der Waals surface area contributed by atoms with Crippen molar-refractivity contribution in [2.24, 2.45) is 5.92 Å². The Morgan fingerprint density at radius 3 is 2.35 bits per heavy atom.